The van der Waals surface area contributed by atoms with Gasteiger partial charge >= 0.3 is 5.97 Å². The molecule has 0 aromatic carbocycles. The lowest BCUT2D eigenvalue weighted by Crippen LogP contribution is -2.50. The first-order valence-electron chi connectivity index (χ1n) is 6.68. The monoisotopic (exact) mass is 248 g/mol. The van der Waals surface area contributed by atoms with Gasteiger partial charge in [0.2, 0.25) is 5.79 Å². The number of hydrogen-bond donors (Lipinski definition) is 1. The van der Waals surface area contributed by atoms with Crippen LogP contribution in [-0.2, 0) is 9.53 Å². The van der Waals surface area contributed by atoms with E-state index in [-0.39, 0.29) is 5.41 Å². The molecular formula is C15H20O3. The predicted molar refractivity (Wildman–Crippen MR) is 67.5 cm³/mol. The highest BCUT2D eigenvalue weighted by atomic mass is 16.7. The summed E-state index contributed by atoms with van der Waals surface area (Å²) in [5.74, 6) is -0.973. The molecule has 0 spiro atoms. The van der Waals surface area contributed by atoms with Crippen LogP contribution in [0.25, 0.3) is 0 Å². The number of rotatable bonds is 0. The standard InChI is InChI=1S/C15H20O3/c1-9-4-5-11-10(6-9)8-15(17)12(14(11,2)3)7-13(16)18-15/h6-7,10-11,17H,4-5,8H2,1-3H3/t10-,11-,15+/m0/s1. The van der Waals surface area contributed by atoms with Gasteiger partial charge < -0.3 is 9.84 Å². The predicted octanol–water partition coefficient (Wildman–Crippen LogP) is 2.56. The molecule has 0 aromatic heterocycles. The van der Waals surface area contributed by atoms with Crippen molar-refractivity contribution >= 4 is 5.97 Å². The number of fused-ring (bicyclic) bond motifs is 2. The second-order valence-electron chi connectivity index (χ2n) is 6.51. The van der Waals surface area contributed by atoms with Gasteiger partial charge in [-0.2, -0.15) is 0 Å². The van der Waals surface area contributed by atoms with Gasteiger partial charge in [0.1, 0.15) is 0 Å². The fraction of sp³-hybridized carbons (Fsp3) is 0.667. The molecule has 3 atom stereocenters. The Morgan fingerprint density at radius 3 is 2.89 bits per heavy atom. The molecule has 0 amide bonds. The molecule has 1 saturated carbocycles. The Hall–Kier alpha value is -1.09. The van der Waals surface area contributed by atoms with Crippen LogP contribution in [0.3, 0.4) is 0 Å². The molecule has 1 fully saturated rings. The Morgan fingerprint density at radius 1 is 1.44 bits per heavy atom. The van der Waals surface area contributed by atoms with Gasteiger partial charge in [-0.3, -0.25) is 0 Å². The van der Waals surface area contributed by atoms with E-state index in [0.29, 0.717) is 18.3 Å². The number of allylic oxidation sites excluding steroid dienone is 2. The molecule has 0 aromatic rings. The Bertz CT molecular complexity index is 472. The van der Waals surface area contributed by atoms with Crippen LogP contribution in [0.15, 0.2) is 23.3 Å². The maximum atomic E-state index is 11.5. The second kappa shape index (κ2) is 3.47. The summed E-state index contributed by atoms with van der Waals surface area (Å²) in [5, 5.41) is 10.6. The minimum atomic E-state index is -1.37. The quantitative estimate of drug-likeness (QED) is 0.529. The summed E-state index contributed by atoms with van der Waals surface area (Å²) in [7, 11) is 0. The molecule has 0 unspecified atom stereocenters. The van der Waals surface area contributed by atoms with Crippen LogP contribution >= 0.6 is 0 Å². The Morgan fingerprint density at radius 2 is 2.17 bits per heavy atom. The first kappa shape index (κ1) is 12.0. The van der Waals surface area contributed by atoms with Crippen molar-refractivity contribution in [1.29, 1.82) is 0 Å². The number of carbonyl (C=O) groups is 1. The largest absolute Gasteiger partial charge is 0.426 e. The number of esters is 1. The highest BCUT2D eigenvalue weighted by Gasteiger charge is 2.57. The van der Waals surface area contributed by atoms with Crippen LogP contribution < -0.4 is 0 Å². The van der Waals surface area contributed by atoms with Gasteiger partial charge in [0.15, 0.2) is 0 Å². The zero-order valence-corrected chi connectivity index (χ0v) is 11.2. The van der Waals surface area contributed by atoms with E-state index in [9.17, 15) is 9.90 Å². The van der Waals surface area contributed by atoms with Gasteiger partial charge in [-0.1, -0.05) is 25.5 Å². The summed E-state index contributed by atoms with van der Waals surface area (Å²) in [4.78, 5) is 11.5. The first-order valence-corrected chi connectivity index (χ1v) is 6.68. The third-order valence-corrected chi connectivity index (χ3v) is 4.95. The highest BCUT2D eigenvalue weighted by Crippen LogP contribution is 2.57. The summed E-state index contributed by atoms with van der Waals surface area (Å²) in [6, 6.07) is 0. The van der Waals surface area contributed by atoms with Crippen molar-refractivity contribution in [3.05, 3.63) is 23.3 Å². The molecule has 0 radical (unpaired) electrons. The van der Waals surface area contributed by atoms with Gasteiger partial charge in [-0.05, 0) is 37.0 Å². The maximum Gasteiger partial charge on any atom is 0.333 e. The molecule has 3 rings (SSSR count). The van der Waals surface area contributed by atoms with E-state index in [1.165, 1.54) is 11.6 Å². The summed E-state index contributed by atoms with van der Waals surface area (Å²) >= 11 is 0. The minimum absolute atomic E-state index is 0.180. The van der Waals surface area contributed by atoms with E-state index in [0.717, 1.165) is 18.4 Å². The van der Waals surface area contributed by atoms with Gasteiger partial charge in [-0.25, -0.2) is 4.79 Å². The van der Waals surface area contributed by atoms with Crippen molar-refractivity contribution in [2.75, 3.05) is 0 Å². The molecule has 3 nitrogen and oxygen atoms in total. The smallest absolute Gasteiger partial charge is 0.333 e. The minimum Gasteiger partial charge on any atom is -0.426 e. The topological polar surface area (TPSA) is 46.5 Å². The molecule has 0 saturated heterocycles. The molecular weight excluding hydrogens is 228 g/mol. The molecule has 1 heterocycles. The number of carbonyl (C=O) groups excluding carboxylic acids is 1. The van der Waals surface area contributed by atoms with Crippen molar-refractivity contribution in [3.8, 4) is 0 Å². The lowest BCUT2D eigenvalue weighted by molar-refractivity contribution is -0.201. The van der Waals surface area contributed by atoms with Crippen molar-refractivity contribution in [3.63, 3.8) is 0 Å². The average molecular weight is 248 g/mol. The molecule has 3 aliphatic rings. The lowest BCUT2D eigenvalue weighted by atomic mass is 9.56. The van der Waals surface area contributed by atoms with Crippen molar-refractivity contribution in [2.24, 2.45) is 17.3 Å². The zero-order chi connectivity index (χ0) is 13.1. The fourth-order valence-electron chi connectivity index (χ4n) is 4.10. The molecule has 18 heavy (non-hydrogen) atoms. The molecule has 0 bridgehead atoms. The van der Waals surface area contributed by atoms with Crippen LogP contribution in [0.2, 0.25) is 0 Å². The van der Waals surface area contributed by atoms with E-state index in [2.05, 4.69) is 26.8 Å². The van der Waals surface area contributed by atoms with E-state index in [1.54, 1.807) is 0 Å². The summed E-state index contributed by atoms with van der Waals surface area (Å²) in [6.07, 6.45) is 6.51. The van der Waals surface area contributed by atoms with E-state index >= 15 is 0 Å². The average Bonchev–Trinajstić information content (AvgIpc) is 2.53. The maximum absolute atomic E-state index is 11.5. The number of ether oxygens (including phenoxy) is 1. The number of hydrogen-bond acceptors (Lipinski definition) is 3. The van der Waals surface area contributed by atoms with E-state index in [1.807, 2.05) is 0 Å². The van der Waals surface area contributed by atoms with Crippen molar-refractivity contribution in [1.82, 2.24) is 0 Å². The first-order chi connectivity index (χ1) is 8.33. The van der Waals surface area contributed by atoms with Gasteiger partial charge in [0.25, 0.3) is 0 Å². The Labute approximate surface area is 108 Å². The Kier molecular flexibility index (Phi) is 2.31. The third kappa shape index (κ3) is 1.50. The Balaban J connectivity index is 2.07. The fourth-order valence-corrected chi connectivity index (χ4v) is 4.10. The summed E-state index contributed by atoms with van der Waals surface area (Å²) in [5.41, 5.74) is 1.97. The van der Waals surface area contributed by atoms with Crippen LogP contribution in [-0.4, -0.2) is 16.9 Å². The highest BCUT2D eigenvalue weighted by molar-refractivity contribution is 5.87. The molecule has 3 heteroatoms. The number of aliphatic hydroxyl groups is 1. The van der Waals surface area contributed by atoms with Crippen LogP contribution in [0.1, 0.15) is 40.0 Å². The summed E-state index contributed by atoms with van der Waals surface area (Å²) in [6.45, 7) is 6.38. The zero-order valence-electron chi connectivity index (χ0n) is 11.2. The summed E-state index contributed by atoms with van der Waals surface area (Å²) < 4.78 is 5.17. The van der Waals surface area contributed by atoms with Crippen LogP contribution in [0.4, 0.5) is 0 Å². The van der Waals surface area contributed by atoms with Crippen molar-refractivity contribution in [2.45, 2.75) is 45.8 Å². The second-order valence-corrected chi connectivity index (χ2v) is 6.51. The molecule has 1 N–H and O–H groups in total. The third-order valence-electron chi connectivity index (χ3n) is 4.95. The van der Waals surface area contributed by atoms with Gasteiger partial charge in [-0.15, -0.1) is 0 Å². The van der Waals surface area contributed by atoms with Crippen LogP contribution in [0, 0.1) is 17.3 Å². The molecule has 1 aliphatic heterocycles. The molecule has 98 valence electrons. The normalized spacial score (nSPS) is 41.4. The lowest BCUT2D eigenvalue weighted by Gasteiger charge is -2.51. The van der Waals surface area contributed by atoms with Crippen LogP contribution in [0.5, 0.6) is 0 Å². The molecule has 2 aliphatic carbocycles. The van der Waals surface area contributed by atoms with Crippen molar-refractivity contribution < 1.29 is 14.6 Å². The van der Waals surface area contributed by atoms with E-state index < -0.39 is 11.8 Å². The SMILES string of the molecule is CC1=C[C@H]2C[C@@]3(O)OC(=O)C=C3C(C)(C)[C@H]2CC1. The van der Waals surface area contributed by atoms with Gasteiger partial charge in [0, 0.05) is 18.1 Å². The van der Waals surface area contributed by atoms with Gasteiger partial charge in [0.05, 0.1) is 0 Å². The van der Waals surface area contributed by atoms with E-state index in [4.69, 9.17) is 4.74 Å².